The molecule has 0 saturated carbocycles. The van der Waals surface area contributed by atoms with Crippen LogP contribution in [0.2, 0.25) is 0 Å². The van der Waals surface area contributed by atoms with Gasteiger partial charge >= 0.3 is 0 Å². The fourth-order valence-corrected chi connectivity index (χ4v) is 2.65. The van der Waals surface area contributed by atoms with Crippen molar-refractivity contribution in [3.05, 3.63) is 41.9 Å². The molecule has 0 aliphatic carbocycles. The average molecular weight is 303 g/mol. The number of hydrogen-bond donors (Lipinski definition) is 1. The highest BCUT2D eigenvalue weighted by molar-refractivity contribution is 7.13. The van der Waals surface area contributed by atoms with E-state index in [0.717, 1.165) is 4.88 Å². The minimum Gasteiger partial charge on any atom is -0.338 e. The molecule has 0 radical (unpaired) electrons. The number of hydrogen-bond acceptors (Lipinski definition) is 6. The third-order valence-electron chi connectivity index (χ3n) is 3.45. The van der Waals surface area contributed by atoms with E-state index in [0.29, 0.717) is 18.3 Å². The van der Waals surface area contributed by atoms with Crippen LogP contribution in [-0.2, 0) is 6.54 Å². The molecule has 0 aliphatic rings. The van der Waals surface area contributed by atoms with Crippen LogP contribution in [0.15, 0.2) is 40.5 Å². The Labute approximate surface area is 126 Å². The molecular weight excluding hydrogens is 286 g/mol. The van der Waals surface area contributed by atoms with Crippen LogP contribution in [0.25, 0.3) is 10.7 Å². The quantitative estimate of drug-likeness (QED) is 0.758. The Morgan fingerprint density at radius 1 is 1.38 bits per heavy atom. The van der Waals surface area contributed by atoms with Crippen LogP contribution in [0.4, 0.5) is 0 Å². The van der Waals surface area contributed by atoms with E-state index >= 15 is 0 Å². The van der Waals surface area contributed by atoms with E-state index in [1.807, 2.05) is 34.5 Å². The second-order valence-electron chi connectivity index (χ2n) is 4.89. The van der Waals surface area contributed by atoms with Gasteiger partial charge < -0.3 is 9.84 Å². The summed E-state index contributed by atoms with van der Waals surface area (Å²) in [7, 11) is 0. The lowest BCUT2D eigenvalue weighted by Crippen LogP contribution is -2.33. The second-order valence-corrected chi connectivity index (χ2v) is 5.83. The molecule has 6 nitrogen and oxygen atoms in total. The Kier molecular flexibility index (Phi) is 4.12. The van der Waals surface area contributed by atoms with Crippen LogP contribution in [0.5, 0.6) is 0 Å². The Bertz CT molecular complexity index is 661. The van der Waals surface area contributed by atoms with Crippen molar-refractivity contribution in [2.75, 3.05) is 0 Å². The van der Waals surface area contributed by atoms with E-state index < -0.39 is 0 Å². The zero-order valence-electron chi connectivity index (χ0n) is 11.9. The van der Waals surface area contributed by atoms with Crippen molar-refractivity contribution >= 4 is 11.3 Å². The molecule has 2 atom stereocenters. The Morgan fingerprint density at radius 2 is 2.29 bits per heavy atom. The SMILES string of the molecule is C[C@H](NCc1nc(-c2cccs2)no1)[C@H](C)n1cccn1. The van der Waals surface area contributed by atoms with Crippen LogP contribution >= 0.6 is 11.3 Å². The Morgan fingerprint density at radius 3 is 3.00 bits per heavy atom. The molecule has 0 bridgehead atoms. The topological polar surface area (TPSA) is 68.8 Å². The van der Waals surface area contributed by atoms with Gasteiger partial charge in [0.2, 0.25) is 11.7 Å². The fourth-order valence-electron chi connectivity index (χ4n) is 2.00. The van der Waals surface area contributed by atoms with Crippen molar-refractivity contribution in [2.24, 2.45) is 0 Å². The first-order valence-corrected chi connectivity index (χ1v) is 7.71. The molecule has 110 valence electrons. The molecule has 3 aromatic heterocycles. The van der Waals surface area contributed by atoms with Crippen molar-refractivity contribution in [3.8, 4) is 10.7 Å². The fraction of sp³-hybridized carbons (Fsp3) is 0.357. The minimum atomic E-state index is 0.238. The number of thiophene rings is 1. The molecule has 7 heteroatoms. The summed E-state index contributed by atoms with van der Waals surface area (Å²) in [5, 5.41) is 13.6. The van der Waals surface area contributed by atoms with Gasteiger partial charge in [-0.2, -0.15) is 10.1 Å². The van der Waals surface area contributed by atoms with Crippen molar-refractivity contribution in [2.45, 2.75) is 32.5 Å². The highest BCUT2D eigenvalue weighted by Gasteiger charge is 2.15. The van der Waals surface area contributed by atoms with E-state index in [1.165, 1.54) is 0 Å². The van der Waals surface area contributed by atoms with Crippen LogP contribution < -0.4 is 5.32 Å². The van der Waals surface area contributed by atoms with E-state index in [1.54, 1.807) is 17.5 Å². The standard InChI is InChI=1S/C14H17N5OS/c1-10(11(2)19-7-4-6-16-19)15-9-13-17-14(18-20-13)12-5-3-8-21-12/h3-8,10-11,15H,9H2,1-2H3/t10-,11-/m0/s1. The molecule has 3 aromatic rings. The van der Waals surface area contributed by atoms with Gasteiger partial charge in [0.1, 0.15) is 0 Å². The normalized spacial score (nSPS) is 14.2. The van der Waals surface area contributed by atoms with Gasteiger partial charge in [0.05, 0.1) is 17.5 Å². The Hall–Kier alpha value is -1.99. The van der Waals surface area contributed by atoms with Gasteiger partial charge in [0.25, 0.3) is 0 Å². The number of nitrogens with one attached hydrogen (secondary N) is 1. The average Bonchev–Trinajstić information content (AvgIpc) is 3.25. The van der Waals surface area contributed by atoms with E-state index in [2.05, 4.69) is 34.4 Å². The molecule has 21 heavy (non-hydrogen) atoms. The summed E-state index contributed by atoms with van der Waals surface area (Å²) in [5.41, 5.74) is 0. The molecule has 0 spiro atoms. The van der Waals surface area contributed by atoms with Crippen molar-refractivity contribution in [3.63, 3.8) is 0 Å². The molecule has 3 rings (SSSR count). The van der Waals surface area contributed by atoms with Crippen molar-refractivity contribution in [1.29, 1.82) is 0 Å². The molecule has 0 amide bonds. The molecule has 1 N–H and O–H groups in total. The second kappa shape index (κ2) is 6.19. The van der Waals surface area contributed by atoms with Gasteiger partial charge in [-0.25, -0.2) is 0 Å². The van der Waals surface area contributed by atoms with Gasteiger partial charge in [-0.1, -0.05) is 11.2 Å². The van der Waals surface area contributed by atoms with Gasteiger partial charge in [0.15, 0.2) is 0 Å². The molecule has 0 aliphatic heterocycles. The molecule has 3 heterocycles. The van der Waals surface area contributed by atoms with E-state index in [4.69, 9.17) is 4.52 Å². The first kappa shape index (κ1) is 14.0. The lowest BCUT2D eigenvalue weighted by Gasteiger charge is -2.20. The molecule has 0 fully saturated rings. The molecule has 0 saturated heterocycles. The van der Waals surface area contributed by atoms with E-state index in [9.17, 15) is 0 Å². The largest absolute Gasteiger partial charge is 0.338 e. The first-order valence-electron chi connectivity index (χ1n) is 6.83. The smallest absolute Gasteiger partial charge is 0.240 e. The molecular formula is C14H17N5OS. The number of aromatic nitrogens is 4. The maximum atomic E-state index is 5.27. The lowest BCUT2D eigenvalue weighted by molar-refractivity contribution is 0.325. The van der Waals surface area contributed by atoms with Gasteiger partial charge in [-0.3, -0.25) is 4.68 Å². The zero-order chi connectivity index (χ0) is 14.7. The van der Waals surface area contributed by atoms with Gasteiger partial charge in [0, 0.05) is 18.4 Å². The highest BCUT2D eigenvalue weighted by Crippen LogP contribution is 2.21. The Balaban J connectivity index is 1.58. The summed E-state index contributed by atoms with van der Waals surface area (Å²) in [5.74, 6) is 1.24. The van der Waals surface area contributed by atoms with Gasteiger partial charge in [-0.05, 0) is 31.4 Å². The van der Waals surface area contributed by atoms with Crippen molar-refractivity contribution < 1.29 is 4.52 Å². The van der Waals surface area contributed by atoms with Crippen LogP contribution in [-0.4, -0.2) is 26.0 Å². The zero-order valence-corrected chi connectivity index (χ0v) is 12.7. The van der Waals surface area contributed by atoms with Crippen LogP contribution in [0.1, 0.15) is 25.8 Å². The summed E-state index contributed by atoms with van der Waals surface area (Å²) in [6.07, 6.45) is 3.75. The van der Waals surface area contributed by atoms with E-state index in [-0.39, 0.29) is 12.1 Å². The number of rotatable bonds is 6. The summed E-state index contributed by atoms with van der Waals surface area (Å²) in [6, 6.07) is 6.37. The third kappa shape index (κ3) is 3.20. The summed E-state index contributed by atoms with van der Waals surface area (Å²) in [6.45, 7) is 4.78. The lowest BCUT2D eigenvalue weighted by atomic mass is 10.2. The predicted molar refractivity (Wildman–Crippen MR) is 80.9 cm³/mol. The summed E-state index contributed by atoms with van der Waals surface area (Å²) < 4.78 is 7.20. The monoisotopic (exact) mass is 303 g/mol. The van der Waals surface area contributed by atoms with Crippen LogP contribution in [0.3, 0.4) is 0 Å². The van der Waals surface area contributed by atoms with Crippen LogP contribution in [0, 0.1) is 0 Å². The third-order valence-corrected chi connectivity index (χ3v) is 4.32. The first-order chi connectivity index (χ1) is 10.2. The maximum absolute atomic E-state index is 5.27. The van der Waals surface area contributed by atoms with Crippen molar-refractivity contribution in [1.82, 2.24) is 25.2 Å². The van der Waals surface area contributed by atoms with Gasteiger partial charge in [-0.15, -0.1) is 11.3 Å². The summed E-state index contributed by atoms with van der Waals surface area (Å²) >= 11 is 1.60. The summed E-state index contributed by atoms with van der Waals surface area (Å²) in [4.78, 5) is 5.41. The minimum absolute atomic E-state index is 0.238. The predicted octanol–water partition coefficient (Wildman–Crippen LogP) is 2.73. The highest BCUT2D eigenvalue weighted by atomic mass is 32.1. The molecule has 0 unspecified atom stereocenters. The molecule has 0 aromatic carbocycles. The maximum Gasteiger partial charge on any atom is 0.240 e. The number of nitrogens with zero attached hydrogens (tertiary/aromatic N) is 4.